The van der Waals surface area contributed by atoms with E-state index in [-0.39, 0.29) is 0 Å². The van der Waals surface area contributed by atoms with Crippen molar-refractivity contribution in [3.63, 3.8) is 0 Å². The molecule has 0 aliphatic heterocycles. The number of rotatable bonds is 7. The standard InChI is InChI=1S/C15H21N3O2/c1-18-9-8-17-15(18)6-7-16-11-14(19)12-4-3-5-13(10-12)20-2/h3-5,8-10,14,16,19H,6-7,11H2,1-2H3. The van der Waals surface area contributed by atoms with E-state index in [4.69, 9.17) is 4.74 Å². The minimum Gasteiger partial charge on any atom is -0.497 e. The van der Waals surface area contributed by atoms with Crippen LogP contribution in [-0.2, 0) is 13.5 Å². The molecule has 0 aliphatic carbocycles. The fraction of sp³-hybridized carbons (Fsp3) is 0.400. The molecule has 0 aliphatic rings. The molecule has 108 valence electrons. The van der Waals surface area contributed by atoms with Crippen LogP contribution in [0.25, 0.3) is 0 Å². The monoisotopic (exact) mass is 275 g/mol. The zero-order valence-corrected chi connectivity index (χ0v) is 11.9. The lowest BCUT2D eigenvalue weighted by Crippen LogP contribution is -2.24. The van der Waals surface area contributed by atoms with E-state index in [0.717, 1.165) is 30.1 Å². The molecule has 1 heterocycles. The average Bonchev–Trinajstić information content (AvgIpc) is 2.89. The molecule has 1 unspecified atom stereocenters. The first-order chi connectivity index (χ1) is 9.70. The topological polar surface area (TPSA) is 59.3 Å². The predicted octanol–water partition coefficient (Wildman–Crippen LogP) is 1.29. The molecule has 1 aromatic heterocycles. The van der Waals surface area contributed by atoms with Crippen molar-refractivity contribution in [2.45, 2.75) is 12.5 Å². The molecule has 0 amide bonds. The molecule has 5 heteroatoms. The maximum Gasteiger partial charge on any atom is 0.119 e. The molecule has 2 aromatic rings. The first kappa shape index (κ1) is 14.6. The number of aryl methyl sites for hydroxylation is 1. The van der Waals surface area contributed by atoms with Gasteiger partial charge in [0, 0.05) is 39.0 Å². The van der Waals surface area contributed by atoms with E-state index < -0.39 is 6.10 Å². The molecule has 20 heavy (non-hydrogen) atoms. The lowest BCUT2D eigenvalue weighted by Gasteiger charge is -2.13. The van der Waals surface area contributed by atoms with Crippen molar-refractivity contribution in [1.82, 2.24) is 14.9 Å². The van der Waals surface area contributed by atoms with E-state index in [9.17, 15) is 5.11 Å². The van der Waals surface area contributed by atoms with Gasteiger partial charge in [0.05, 0.1) is 13.2 Å². The SMILES string of the molecule is COc1cccc(C(O)CNCCc2nccn2C)c1. The Hall–Kier alpha value is -1.85. The van der Waals surface area contributed by atoms with Crippen molar-refractivity contribution >= 4 is 0 Å². The summed E-state index contributed by atoms with van der Waals surface area (Å²) in [5.74, 6) is 1.79. The number of benzene rings is 1. The third kappa shape index (κ3) is 3.82. The van der Waals surface area contributed by atoms with Crippen molar-refractivity contribution in [1.29, 1.82) is 0 Å². The van der Waals surface area contributed by atoms with Crippen molar-refractivity contribution in [3.05, 3.63) is 48.0 Å². The molecule has 0 radical (unpaired) electrons. The van der Waals surface area contributed by atoms with E-state index in [2.05, 4.69) is 10.3 Å². The lowest BCUT2D eigenvalue weighted by atomic mass is 10.1. The van der Waals surface area contributed by atoms with Crippen LogP contribution in [0.2, 0.25) is 0 Å². The Balaban J connectivity index is 1.77. The number of aromatic nitrogens is 2. The van der Waals surface area contributed by atoms with Crippen LogP contribution in [0.5, 0.6) is 5.75 Å². The highest BCUT2D eigenvalue weighted by molar-refractivity contribution is 5.29. The predicted molar refractivity (Wildman–Crippen MR) is 77.7 cm³/mol. The molecule has 2 rings (SSSR count). The van der Waals surface area contributed by atoms with Gasteiger partial charge in [-0.2, -0.15) is 0 Å². The van der Waals surface area contributed by atoms with Gasteiger partial charge in [0.1, 0.15) is 11.6 Å². The minimum atomic E-state index is -0.536. The quantitative estimate of drug-likeness (QED) is 0.748. The number of aliphatic hydroxyl groups excluding tert-OH is 1. The van der Waals surface area contributed by atoms with E-state index in [1.54, 1.807) is 13.3 Å². The Bertz CT molecular complexity index is 539. The van der Waals surface area contributed by atoms with Gasteiger partial charge >= 0.3 is 0 Å². The second kappa shape index (κ2) is 7.07. The Morgan fingerprint density at radius 1 is 1.45 bits per heavy atom. The van der Waals surface area contributed by atoms with Gasteiger partial charge in [0.15, 0.2) is 0 Å². The molecule has 0 saturated carbocycles. The number of imidazole rings is 1. The highest BCUT2D eigenvalue weighted by atomic mass is 16.5. The summed E-state index contributed by atoms with van der Waals surface area (Å²) in [6.45, 7) is 1.30. The summed E-state index contributed by atoms with van der Waals surface area (Å²) in [5.41, 5.74) is 0.855. The fourth-order valence-corrected chi connectivity index (χ4v) is 2.04. The van der Waals surface area contributed by atoms with Crippen LogP contribution < -0.4 is 10.1 Å². The lowest BCUT2D eigenvalue weighted by molar-refractivity contribution is 0.174. The molecule has 0 bridgehead atoms. The largest absolute Gasteiger partial charge is 0.497 e. The van der Waals surface area contributed by atoms with Gasteiger partial charge in [0.2, 0.25) is 0 Å². The van der Waals surface area contributed by atoms with Gasteiger partial charge in [-0.05, 0) is 17.7 Å². The Morgan fingerprint density at radius 3 is 3.00 bits per heavy atom. The maximum atomic E-state index is 10.1. The van der Waals surface area contributed by atoms with Crippen LogP contribution >= 0.6 is 0 Å². The van der Waals surface area contributed by atoms with Crippen LogP contribution in [0.15, 0.2) is 36.7 Å². The number of nitrogens with zero attached hydrogens (tertiary/aromatic N) is 2. The number of hydrogen-bond acceptors (Lipinski definition) is 4. The highest BCUT2D eigenvalue weighted by Gasteiger charge is 2.08. The molecule has 2 N–H and O–H groups in total. The molecule has 0 fully saturated rings. The Labute approximate surface area is 119 Å². The van der Waals surface area contributed by atoms with Crippen LogP contribution in [0.3, 0.4) is 0 Å². The molecular weight excluding hydrogens is 254 g/mol. The second-order valence-corrected chi connectivity index (χ2v) is 4.70. The number of nitrogens with one attached hydrogen (secondary N) is 1. The summed E-state index contributed by atoms with van der Waals surface area (Å²) in [6.07, 6.45) is 4.03. The minimum absolute atomic E-state index is 0.511. The number of ether oxygens (including phenoxy) is 1. The van der Waals surface area contributed by atoms with Crippen LogP contribution in [0.4, 0.5) is 0 Å². The molecule has 0 saturated heterocycles. The van der Waals surface area contributed by atoms with Crippen molar-refractivity contribution in [2.24, 2.45) is 7.05 Å². The number of hydrogen-bond donors (Lipinski definition) is 2. The van der Waals surface area contributed by atoms with E-state index >= 15 is 0 Å². The zero-order valence-electron chi connectivity index (χ0n) is 11.9. The second-order valence-electron chi connectivity index (χ2n) is 4.70. The van der Waals surface area contributed by atoms with E-state index in [1.165, 1.54) is 0 Å². The third-order valence-corrected chi connectivity index (χ3v) is 3.26. The van der Waals surface area contributed by atoms with Gasteiger partial charge in [-0.15, -0.1) is 0 Å². The first-order valence-corrected chi connectivity index (χ1v) is 6.69. The Kier molecular flexibility index (Phi) is 5.15. The van der Waals surface area contributed by atoms with E-state index in [0.29, 0.717) is 6.54 Å². The molecular formula is C15H21N3O2. The van der Waals surface area contributed by atoms with Crippen LogP contribution in [-0.4, -0.2) is 34.9 Å². The van der Waals surface area contributed by atoms with Gasteiger partial charge in [0.25, 0.3) is 0 Å². The summed E-state index contributed by atoms with van der Waals surface area (Å²) < 4.78 is 7.15. The van der Waals surface area contributed by atoms with Crippen LogP contribution in [0, 0.1) is 0 Å². The Morgan fingerprint density at radius 2 is 2.30 bits per heavy atom. The van der Waals surface area contributed by atoms with Gasteiger partial charge in [-0.1, -0.05) is 12.1 Å². The fourth-order valence-electron chi connectivity index (χ4n) is 2.04. The average molecular weight is 275 g/mol. The maximum absolute atomic E-state index is 10.1. The van der Waals surface area contributed by atoms with E-state index in [1.807, 2.05) is 42.1 Å². The molecule has 5 nitrogen and oxygen atoms in total. The zero-order chi connectivity index (χ0) is 14.4. The molecule has 1 aromatic carbocycles. The molecule has 1 atom stereocenters. The first-order valence-electron chi connectivity index (χ1n) is 6.69. The summed E-state index contributed by atoms with van der Waals surface area (Å²) in [6, 6.07) is 7.49. The smallest absolute Gasteiger partial charge is 0.119 e. The summed E-state index contributed by atoms with van der Waals surface area (Å²) >= 11 is 0. The van der Waals surface area contributed by atoms with Gasteiger partial charge in [-0.3, -0.25) is 0 Å². The number of methoxy groups -OCH3 is 1. The summed E-state index contributed by atoms with van der Waals surface area (Å²) in [7, 11) is 3.60. The summed E-state index contributed by atoms with van der Waals surface area (Å²) in [4.78, 5) is 4.26. The highest BCUT2D eigenvalue weighted by Crippen LogP contribution is 2.18. The normalized spacial score (nSPS) is 12.3. The summed E-state index contributed by atoms with van der Waals surface area (Å²) in [5, 5.41) is 13.4. The van der Waals surface area contributed by atoms with Gasteiger partial charge < -0.3 is 19.7 Å². The van der Waals surface area contributed by atoms with Crippen LogP contribution in [0.1, 0.15) is 17.5 Å². The van der Waals surface area contributed by atoms with Crippen molar-refractivity contribution in [2.75, 3.05) is 20.2 Å². The van der Waals surface area contributed by atoms with Gasteiger partial charge in [-0.25, -0.2) is 4.98 Å². The third-order valence-electron chi connectivity index (χ3n) is 3.26. The molecule has 0 spiro atoms. The van der Waals surface area contributed by atoms with Crippen molar-refractivity contribution in [3.8, 4) is 5.75 Å². The number of aliphatic hydroxyl groups is 1. The van der Waals surface area contributed by atoms with Crippen molar-refractivity contribution < 1.29 is 9.84 Å².